The number of piperazine rings is 1. The maximum absolute atomic E-state index is 13.0. The van der Waals surface area contributed by atoms with Crippen molar-refractivity contribution in [1.82, 2.24) is 9.47 Å². The first-order valence-electron chi connectivity index (χ1n) is 9.13. The van der Waals surface area contributed by atoms with Crippen molar-refractivity contribution in [1.29, 1.82) is 0 Å². The Morgan fingerprint density at radius 2 is 1.81 bits per heavy atom. The van der Waals surface area contributed by atoms with Crippen LogP contribution in [0.5, 0.6) is 5.75 Å². The van der Waals surface area contributed by atoms with E-state index in [0.29, 0.717) is 19.6 Å². The number of carbonyl (C=O) groups is 1. The van der Waals surface area contributed by atoms with E-state index in [1.54, 1.807) is 25.1 Å². The van der Waals surface area contributed by atoms with Crippen LogP contribution in [0.1, 0.15) is 29.9 Å². The smallest absolute Gasteiger partial charge is 0.263 e. The first kappa shape index (κ1) is 19.0. The van der Waals surface area contributed by atoms with Gasteiger partial charge in [0.05, 0.1) is 18.3 Å². The molecule has 6 nitrogen and oxygen atoms in total. The number of aryl methyl sites for hydroxylation is 1. The summed E-state index contributed by atoms with van der Waals surface area (Å²) in [5.74, 6) is 0.612. The van der Waals surface area contributed by atoms with E-state index < -0.39 is 0 Å². The number of para-hydroxylation sites is 2. The topological polar surface area (TPSA) is 54.8 Å². The van der Waals surface area contributed by atoms with E-state index in [-0.39, 0.29) is 22.6 Å². The van der Waals surface area contributed by atoms with E-state index in [1.165, 1.54) is 4.57 Å². The molecule has 1 aromatic carbocycles. The van der Waals surface area contributed by atoms with Gasteiger partial charge in [0, 0.05) is 32.4 Å². The van der Waals surface area contributed by atoms with Crippen molar-refractivity contribution in [3.05, 3.63) is 58.0 Å². The highest BCUT2D eigenvalue weighted by molar-refractivity contribution is 5.94. The SMILES string of the molecule is COc1ccccc1N1CCN(C(=O)c2ccc(C)n(C)c2=O)CC1(C)C. The highest BCUT2D eigenvalue weighted by Gasteiger charge is 2.37. The summed E-state index contributed by atoms with van der Waals surface area (Å²) in [5, 5.41) is 0. The summed E-state index contributed by atoms with van der Waals surface area (Å²) < 4.78 is 7.03. The number of ether oxygens (including phenoxy) is 1. The third-order valence-corrected chi connectivity index (χ3v) is 5.35. The van der Waals surface area contributed by atoms with Crippen LogP contribution in [0.4, 0.5) is 5.69 Å². The lowest BCUT2D eigenvalue weighted by Crippen LogP contribution is -2.61. The molecule has 27 heavy (non-hydrogen) atoms. The molecular weight excluding hydrogens is 342 g/mol. The van der Waals surface area contributed by atoms with Gasteiger partial charge >= 0.3 is 0 Å². The molecule has 1 aliphatic rings. The van der Waals surface area contributed by atoms with Crippen molar-refractivity contribution < 1.29 is 9.53 Å². The van der Waals surface area contributed by atoms with Crippen molar-refractivity contribution >= 4 is 11.6 Å². The lowest BCUT2D eigenvalue weighted by Gasteiger charge is -2.48. The van der Waals surface area contributed by atoms with Crippen LogP contribution in [-0.2, 0) is 7.05 Å². The molecule has 2 aromatic rings. The summed E-state index contributed by atoms with van der Waals surface area (Å²) in [6, 6.07) is 11.4. The highest BCUT2D eigenvalue weighted by Crippen LogP contribution is 2.35. The lowest BCUT2D eigenvalue weighted by atomic mass is 9.96. The van der Waals surface area contributed by atoms with Gasteiger partial charge in [-0.15, -0.1) is 0 Å². The Morgan fingerprint density at radius 3 is 2.48 bits per heavy atom. The van der Waals surface area contributed by atoms with Crippen LogP contribution in [0.2, 0.25) is 0 Å². The predicted octanol–water partition coefficient (Wildman–Crippen LogP) is 2.44. The van der Waals surface area contributed by atoms with Gasteiger partial charge in [0.2, 0.25) is 0 Å². The molecule has 0 radical (unpaired) electrons. The van der Waals surface area contributed by atoms with Gasteiger partial charge in [0.1, 0.15) is 11.3 Å². The Hall–Kier alpha value is -2.76. The van der Waals surface area contributed by atoms with E-state index in [4.69, 9.17) is 4.74 Å². The third kappa shape index (κ3) is 3.44. The van der Waals surface area contributed by atoms with Gasteiger partial charge in [0.15, 0.2) is 0 Å². The minimum Gasteiger partial charge on any atom is -0.495 e. The first-order chi connectivity index (χ1) is 12.8. The van der Waals surface area contributed by atoms with Gasteiger partial charge in [-0.05, 0) is 45.0 Å². The van der Waals surface area contributed by atoms with Crippen molar-refractivity contribution in [3.8, 4) is 5.75 Å². The van der Waals surface area contributed by atoms with Gasteiger partial charge in [-0.25, -0.2) is 0 Å². The number of anilines is 1. The molecule has 1 amide bonds. The second-order valence-electron chi connectivity index (χ2n) is 7.62. The zero-order valence-corrected chi connectivity index (χ0v) is 16.7. The van der Waals surface area contributed by atoms with Gasteiger partial charge in [-0.2, -0.15) is 0 Å². The van der Waals surface area contributed by atoms with Crippen molar-refractivity contribution in [2.75, 3.05) is 31.6 Å². The molecule has 144 valence electrons. The molecule has 0 spiro atoms. The number of hydrogen-bond acceptors (Lipinski definition) is 4. The molecule has 6 heteroatoms. The fourth-order valence-electron chi connectivity index (χ4n) is 3.69. The molecule has 1 aromatic heterocycles. The van der Waals surface area contributed by atoms with E-state index in [9.17, 15) is 9.59 Å². The van der Waals surface area contributed by atoms with Gasteiger partial charge in [-0.1, -0.05) is 12.1 Å². The summed E-state index contributed by atoms with van der Waals surface area (Å²) in [4.78, 5) is 29.5. The van der Waals surface area contributed by atoms with Gasteiger partial charge in [-0.3, -0.25) is 9.59 Å². The summed E-state index contributed by atoms with van der Waals surface area (Å²) >= 11 is 0. The van der Waals surface area contributed by atoms with Crippen LogP contribution >= 0.6 is 0 Å². The highest BCUT2D eigenvalue weighted by atomic mass is 16.5. The molecule has 0 saturated carbocycles. The second kappa shape index (κ2) is 7.10. The fraction of sp³-hybridized carbons (Fsp3) is 0.429. The van der Waals surface area contributed by atoms with Crippen molar-refractivity contribution in [2.45, 2.75) is 26.3 Å². The summed E-state index contributed by atoms with van der Waals surface area (Å²) in [6.07, 6.45) is 0. The molecule has 0 atom stereocenters. The van der Waals surface area contributed by atoms with Crippen LogP contribution in [0, 0.1) is 6.92 Å². The average Bonchev–Trinajstić information content (AvgIpc) is 2.65. The van der Waals surface area contributed by atoms with Crippen molar-refractivity contribution in [3.63, 3.8) is 0 Å². The monoisotopic (exact) mass is 369 g/mol. The Morgan fingerprint density at radius 1 is 1.11 bits per heavy atom. The number of rotatable bonds is 3. The zero-order chi connectivity index (χ0) is 19.8. The number of nitrogens with zero attached hydrogens (tertiary/aromatic N) is 3. The summed E-state index contributed by atoms with van der Waals surface area (Å²) in [7, 11) is 3.36. The van der Waals surface area contributed by atoms with Crippen molar-refractivity contribution in [2.24, 2.45) is 7.05 Å². The molecule has 1 aliphatic heterocycles. The van der Waals surface area contributed by atoms with Crippen LogP contribution in [0.3, 0.4) is 0 Å². The van der Waals surface area contributed by atoms with Gasteiger partial charge in [0.25, 0.3) is 11.5 Å². The number of hydrogen-bond donors (Lipinski definition) is 0. The second-order valence-corrected chi connectivity index (χ2v) is 7.62. The summed E-state index contributed by atoms with van der Waals surface area (Å²) in [6.45, 7) is 7.81. The molecule has 0 unspecified atom stereocenters. The number of aromatic nitrogens is 1. The largest absolute Gasteiger partial charge is 0.495 e. The Labute approximate surface area is 160 Å². The molecule has 0 bridgehead atoms. The standard InChI is InChI=1S/C21H27N3O3/c1-15-10-11-16(19(25)22(15)4)20(26)23-12-13-24(21(2,3)14-23)17-8-6-7-9-18(17)27-5/h6-11H,12-14H2,1-5H3. The molecular formula is C21H27N3O3. The average molecular weight is 369 g/mol. The number of carbonyl (C=O) groups excluding carboxylic acids is 1. The lowest BCUT2D eigenvalue weighted by molar-refractivity contribution is 0.0683. The quantitative estimate of drug-likeness (QED) is 0.834. The van der Waals surface area contributed by atoms with E-state index in [2.05, 4.69) is 18.7 Å². The van der Waals surface area contributed by atoms with Crippen LogP contribution in [0.25, 0.3) is 0 Å². The fourth-order valence-corrected chi connectivity index (χ4v) is 3.69. The number of benzene rings is 1. The molecule has 1 saturated heterocycles. The Kier molecular flexibility index (Phi) is 5.00. The minimum atomic E-state index is -0.293. The maximum atomic E-state index is 13.0. The van der Waals surface area contributed by atoms with Crippen LogP contribution < -0.4 is 15.2 Å². The third-order valence-electron chi connectivity index (χ3n) is 5.35. The minimum absolute atomic E-state index is 0.205. The zero-order valence-electron chi connectivity index (χ0n) is 16.7. The van der Waals surface area contributed by atoms with E-state index in [1.807, 2.05) is 37.3 Å². The Balaban J connectivity index is 1.86. The predicted molar refractivity (Wildman–Crippen MR) is 107 cm³/mol. The van der Waals surface area contributed by atoms with Crippen LogP contribution in [-0.4, -0.2) is 47.7 Å². The van der Waals surface area contributed by atoms with Gasteiger partial charge < -0.3 is 19.1 Å². The number of pyridine rings is 1. The van der Waals surface area contributed by atoms with E-state index in [0.717, 1.165) is 17.1 Å². The molecule has 2 heterocycles. The molecule has 0 N–H and O–H groups in total. The van der Waals surface area contributed by atoms with E-state index >= 15 is 0 Å². The normalized spacial score (nSPS) is 16.3. The molecule has 3 rings (SSSR count). The first-order valence-corrected chi connectivity index (χ1v) is 9.13. The molecule has 0 aliphatic carbocycles. The maximum Gasteiger partial charge on any atom is 0.263 e. The number of methoxy groups -OCH3 is 1. The Bertz CT molecular complexity index is 917. The summed E-state index contributed by atoms with van der Waals surface area (Å²) in [5.41, 5.74) is 1.54. The van der Waals surface area contributed by atoms with Crippen LogP contribution in [0.15, 0.2) is 41.2 Å². The molecule has 1 fully saturated rings. The number of amides is 1.